The number of halogens is 4. The van der Waals surface area contributed by atoms with Crippen molar-refractivity contribution >= 4 is 17.3 Å². The molecule has 1 N–H and O–H groups in total. The van der Waals surface area contributed by atoms with Crippen molar-refractivity contribution in [2.45, 2.75) is 19.1 Å². The molecule has 0 fully saturated rings. The average Bonchev–Trinajstić information content (AvgIpc) is 2.40. The molecule has 0 spiro atoms. The van der Waals surface area contributed by atoms with Crippen LogP contribution >= 0.6 is 11.6 Å². The standard InChI is InChI=1S/C14H12ClF3N2/c1-9(20-13-8-19-7-6-12(13)15)10-4-2-3-5-11(10)14(16,17)18/h2-9,20H,1H3. The third kappa shape index (κ3) is 3.22. The second-order valence-corrected chi connectivity index (χ2v) is 4.71. The van der Waals surface area contributed by atoms with Gasteiger partial charge in [-0.3, -0.25) is 4.98 Å². The Morgan fingerprint density at radius 2 is 1.90 bits per heavy atom. The molecule has 1 aromatic carbocycles. The summed E-state index contributed by atoms with van der Waals surface area (Å²) in [5.41, 5.74) is 0.0126. The monoisotopic (exact) mass is 300 g/mol. The highest BCUT2D eigenvalue weighted by atomic mass is 35.5. The summed E-state index contributed by atoms with van der Waals surface area (Å²) in [6, 6.07) is 6.49. The van der Waals surface area contributed by atoms with E-state index in [9.17, 15) is 13.2 Å². The highest BCUT2D eigenvalue weighted by molar-refractivity contribution is 6.33. The molecule has 106 valence electrons. The average molecular weight is 301 g/mol. The van der Waals surface area contributed by atoms with E-state index < -0.39 is 17.8 Å². The Bertz CT molecular complexity index is 599. The second-order valence-electron chi connectivity index (χ2n) is 4.31. The number of nitrogens with zero attached hydrogens (tertiary/aromatic N) is 1. The minimum Gasteiger partial charge on any atom is -0.376 e. The van der Waals surface area contributed by atoms with E-state index in [-0.39, 0.29) is 5.56 Å². The van der Waals surface area contributed by atoms with Crippen LogP contribution in [-0.2, 0) is 6.18 Å². The van der Waals surface area contributed by atoms with Gasteiger partial charge in [0, 0.05) is 12.2 Å². The van der Waals surface area contributed by atoms with Crippen LogP contribution in [0, 0.1) is 0 Å². The molecule has 1 atom stereocenters. The highest BCUT2D eigenvalue weighted by Crippen LogP contribution is 2.35. The zero-order valence-electron chi connectivity index (χ0n) is 10.6. The molecule has 1 heterocycles. The van der Waals surface area contributed by atoms with E-state index >= 15 is 0 Å². The lowest BCUT2D eigenvalue weighted by molar-refractivity contribution is -0.138. The first-order chi connectivity index (χ1) is 9.39. The number of nitrogens with one attached hydrogen (secondary N) is 1. The summed E-state index contributed by atoms with van der Waals surface area (Å²) in [7, 11) is 0. The molecule has 0 amide bonds. The van der Waals surface area contributed by atoms with Crippen molar-refractivity contribution in [2.75, 3.05) is 5.32 Å². The molecule has 20 heavy (non-hydrogen) atoms. The molecule has 0 bridgehead atoms. The largest absolute Gasteiger partial charge is 0.416 e. The van der Waals surface area contributed by atoms with Gasteiger partial charge in [0.1, 0.15) is 0 Å². The van der Waals surface area contributed by atoms with Crippen molar-refractivity contribution in [3.63, 3.8) is 0 Å². The zero-order chi connectivity index (χ0) is 14.8. The number of hydrogen-bond acceptors (Lipinski definition) is 2. The number of alkyl halides is 3. The van der Waals surface area contributed by atoms with Crippen LogP contribution in [0.15, 0.2) is 42.7 Å². The molecule has 1 aromatic heterocycles. The summed E-state index contributed by atoms with van der Waals surface area (Å²) in [4.78, 5) is 3.89. The molecule has 0 radical (unpaired) electrons. The summed E-state index contributed by atoms with van der Waals surface area (Å²) in [6.07, 6.45) is -1.39. The van der Waals surface area contributed by atoms with Crippen LogP contribution in [0.5, 0.6) is 0 Å². The highest BCUT2D eigenvalue weighted by Gasteiger charge is 2.34. The number of anilines is 1. The van der Waals surface area contributed by atoms with Crippen LogP contribution in [0.4, 0.5) is 18.9 Å². The van der Waals surface area contributed by atoms with Crippen molar-refractivity contribution in [2.24, 2.45) is 0 Å². The Morgan fingerprint density at radius 3 is 2.55 bits per heavy atom. The Hall–Kier alpha value is -1.75. The van der Waals surface area contributed by atoms with Crippen LogP contribution in [-0.4, -0.2) is 4.98 Å². The van der Waals surface area contributed by atoms with E-state index in [4.69, 9.17) is 11.6 Å². The number of hydrogen-bond donors (Lipinski definition) is 1. The van der Waals surface area contributed by atoms with Crippen molar-refractivity contribution in [1.29, 1.82) is 0 Å². The molecule has 0 aliphatic carbocycles. The molecule has 2 nitrogen and oxygen atoms in total. The van der Waals surface area contributed by atoms with E-state index in [2.05, 4.69) is 10.3 Å². The van der Waals surface area contributed by atoms with Crippen LogP contribution < -0.4 is 5.32 Å². The Kier molecular flexibility index (Phi) is 4.18. The van der Waals surface area contributed by atoms with Gasteiger partial charge in [0.25, 0.3) is 0 Å². The molecule has 0 aliphatic rings. The first-order valence-corrected chi connectivity index (χ1v) is 6.29. The summed E-state index contributed by atoms with van der Waals surface area (Å²) in [6.45, 7) is 1.65. The number of benzene rings is 1. The fourth-order valence-corrected chi connectivity index (χ4v) is 2.09. The number of pyridine rings is 1. The summed E-state index contributed by atoms with van der Waals surface area (Å²) >= 11 is 5.96. The molecule has 6 heteroatoms. The van der Waals surface area contributed by atoms with Crippen molar-refractivity contribution < 1.29 is 13.2 Å². The SMILES string of the molecule is CC(Nc1cnccc1Cl)c1ccccc1C(F)(F)F. The maximum Gasteiger partial charge on any atom is 0.416 e. The predicted molar refractivity (Wildman–Crippen MR) is 72.7 cm³/mol. The van der Waals surface area contributed by atoms with Gasteiger partial charge < -0.3 is 5.32 Å². The van der Waals surface area contributed by atoms with Crippen LogP contribution in [0.3, 0.4) is 0 Å². The Balaban J connectivity index is 2.31. The maximum absolute atomic E-state index is 13.0. The molecule has 2 rings (SSSR count). The molecule has 0 saturated carbocycles. The van der Waals surface area contributed by atoms with Crippen LogP contribution in [0.25, 0.3) is 0 Å². The van der Waals surface area contributed by atoms with Gasteiger partial charge in [-0.1, -0.05) is 29.8 Å². The van der Waals surface area contributed by atoms with Crippen LogP contribution in [0.1, 0.15) is 24.1 Å². The fraction of sp³-hybridized carbons (Fsp3) is 0.214. The predicted octanol–water partition coefficient (Wildman–Crippen LogP) is 4.93. The summed E-state index contributed by atoms with van der Waals surface area (Å²) < 4.78 is 38.9. The third-order valence-corrected chi connectivity index (χ3v) is 3.20. The van der Waals surface area contributed by atoms with E-state index in [1.165, 1.54) is 24.5 Å². The van der Waals surface area contributed by atoms with Gasteiger partial charge in [-0.05, 0) is 24.6 Å². The smallest absolute Gasteiger partial charge is 0.376 e. The summed E-state index contributed by atoms with van der Waals surface area (Å²) in [5, 5.41) is 3.36. The van der Waals surface area contributed by atoms with Gasteiger partial charge in [0.2, 0.25) is 0 Å². The van der Waals surface area contributed by atoms with Gasteiger partial charge in [-0.2, -0.15) is 13.2 Å². The second kappa shape index (κ2) is 5.71. The van der Waals surface area contributed by atoms with E-state index in [1.54, 1.807) is 19.1 Å². The zero-order valence-corrected chi connectivity index (χ0v) is 11.3. The fourth-order valence-electron chi connectivity index (χ4n) is 1.93. The Morgan fingerprint density at radius 1 is 1.20 bits per heavy atom. The van der Waals surface area contributed by atoms with E-state index in [0.29, 0.717) is 10.7 Å². The van der Waals surface area contributed by atoms with Gasteiger partial charge in [-0.25, -0.2) is 0 Å². The molecule has 2 aromatic rings. The third-order valence-electron chi connectivity index (χ3n) is 2.87. The van der Waals surface area contributed by atoms with Gasteiger partial charge in [0.05, 0.1) is 22.5 Å². The molecule has 0 saturated heterocycles. The molecule has 1 unspecified atom stereocenters. The van der Waals surface area contributed by atoms with Crippen LogP contribution in [0.2, 0.25) is 5.02 Å². The lowest BCUT2D eigenvalue weighted by Gasteiger charge is -2.20. The van der Waals surface area contributed by atoms with Gasteiger partial charge >= 0.3 is 6.18 Å². The lowest BCUT2D eigenvalue weighted by atomic mass is 10.0. The van der Waals surface area contributed by atoms with Gasteiger partial charge in [0.15, 0.2) is 0 Å². The quantitative estimate of drug-likeness (QED) is 0.869. The Labute approximate surface area is 119 Å². The molecular formula is C14H12ClF3N2. The van der Waals surface area contributed by atoms with Crippen molar-refractivity contribution in [3.05, 3.63) is 58.9 Å². The lowest BCUT2D eigenvalue weighted by Crippen LogP contribution is -2.15. The minimum atomic E-state index is -4.38. The van der Waals surface area contributed by atoms with Gasteiger partial charge in [-0.15, -0.1) is 0 Å². The van der Waals surface area contributed by atoms with E-state index in [0.717, 1.165) is 6.07 Å². The molecule has 0 aliphatic heterocycles. The number of aromatic nitrogens is 1. The first-order valence-electron chi connectivity index (χ1n) is 5.92. The minimum absolute atomic E-state index is 0.167. The normalized spacial score (nSPS) is 13.1. The molecular weight excluding hydrogens is 289 g/mol. The van der Waals surface area contributed by atoms with Crippen molar-refractivity contribution in [3.8, 4) is 0 Å². The topological polar surface area (TPSA) is 24.9 Å². The first kappa shape index (κ1) is 14.7. The number of rotatable bonds is 3. The summed E-state index contributed by atoms with van der Waals surface area (Å²) in [5.74, 6) is 0. The van der Waals surface area contributed by atoms with Crippen molar-refractivity contribution in [1.82, 2.24) is 4.98 Å². The van der Waals surface area contributed by atoms with E-state index in [1.807, 2.05) is 0 Å². The maximum atomic E-state index is 13.0.